The van der Waals surface area contributed by atoms with Gasteiger partial charge in [0, 0.05) is 19.6 Å². The Bertz CT molecular complexity index is 337. The average molecular weight is 270 g/mol. The van der Waals surface area contributed by atoms with Gasteiger partial charge in [-0.2, -0.15) is 0 Å². The van der Waals surface area contributed by atoms with Crippen LogP contribution in [0, 0.1) is 0 Å². The quantitative estimate of drug-likeness (QED) is 0.766. The fourth-order valence-corrected chi connectivity index (χ4v) is 1.74. The third-order valence-electron chi connectivity index (χ3n) is 2.72. The molecule has 1 saturated heterocycles. The maximum Gasteiger partial charge on any atom is 0.119 e. The Hall–Kier alpha value is -1.03. The molecule has 100 valence electrons. The van der Waals surface area contributed by atoms with E-state index in [9.17, 15) is 0 Å². The summed E-state index contributed by atoms with van der Waals surface area (Å²) in [7, 11) is 0. The fourth-order valence-electron chi connectivity index (χ4n) is 1.74. The Kier molecular flexibility index (Phi) is 7.49. The highest BCUT2D eigenvalue weighted by molar-refractivity contribution is 5.85. The van der Waals surface area contributed by atoms with Gasteiger partial charge in [-0.05, 0) is 12.1 Å². The summed E-state index contributed by atoms with van der Waals surface area (Å²) in [6.45, 7) is 5.40. The van der Waals surface area contributed by atoms with E-state index < -0.39 is 0 Å². The van der Waals surface area contributed by atoms with E-state index in [1.54, 1.807) is 0 Å². The number of halogens is 1. The zero-order valence-electron chi connectivity index (χ0n) is 10.5. The maximum absolute atomic E-state index is 5.57. The van der Waals surface area contributed by atoms with Crippen molar-refractivity contribution in [2.24, 2.45) is 0 Å². The lowest BCUT2D eigenvalue weighted by atomic mass is 10.3. The molecule has 1 aromatic carbocycles. The van der Waals surface area contributed by atoms with Gasteiger partial charge in [-0.3, -0.25) is 4.90 Å². The highest BCUT2D eigenvalue weighted by Gasteiger charge is 2.07. The molecule has 0 bridgehead atoms. The van der Waals surface area contributed by atoms with E-state index in [0.717, 1.165) is 38.6 Å². The molecule has 0 atom stereocenters. The molecule has 1 aliphatic rings. The Morgan fingerprint density at radius 2 is 1.83 bits per heavy atom. The highest BCUT2D eigenvalue weighted by Crippen LogP contribution is 2.07. The van der Waals surface area contributed by atoms with Crippen LogP contribution in [0.25, 0.3) is 0 Å². The van der Waals surface area contributed by atoms with E-state index in [-0.39, 0.29) is 12.4 Å². The molecule has 1 aromatic rings. The van der Waals surface area contributed by atoms with Crippen molar-refractivity contribution in [3.05, 3.63) is 42.5 Å². The van der Waals surface area contributed by atoms with E-state index in [1.807, 2.05) is 30.3 Å². The minimum absolute atomic E-state index is 0. The van der Waals surface area contributed by atoms with E-state index in [0.29, 0.717) is 6.61 Å². The van der Waals surface area contributed by atoms with Crippen molar-refractivity contribution in [3.63, 3.8) is 0 Å². The van der Waals surface area contributed by atoms with Gasteiger partial charge in [0.25, 0.3) is 0 Å². The molecule has 18 heavy (non-hydrogen) atoms. The molecule has 0 aromatic heterocycles. The largest absolute Gasteiger partial charge is 0.490 e. The maximum atomic E-state index is 5.57. The molecule has 1 heterocycles. The van der Waals surface area contributed by atoms with Crippen LogP contribution in [0.4, 0.5) is 0 Å². The lowest BCUT2D eigenvalue weighted by Crippen LogP contribution is -2.36. The second kappa shape index (κ2) is 8.97. The van der Waals surface area contributed by atoms with Crippen LogP contribution >= 0.6 is 12.4 Å². The first-order valence-electron chi connectivity index (χ1n) is 6.08. The minimum Gasteiger partial charge on any atom is -0.490 e. The average Bonchev–Trinajstić information content (AvgIpc) is 2.41. The normalized spacial score (nSPS) is 16.4. The second-order valence-electron chi connectivity index (χ2n) is 4.01. The smallest absolute Gasteiger partial charge is 0.119 e. The highest BCUT2D eigenvalue weighted by atomic mass is 35.5. The molecule has 0 saturated carbocycles. The van der Waals surface area contributed by atoms with E-state index in [2.05, 4.69) is 17.1 Å². The summed E-state index contributed by atoms with van der Waals surface area (Å²) < 4.78 is 10.9. The predicted molar refractivity (Wildman–Crippen MR) is 75.6 cm³/mol. The van der Waals surface area contributed by atoms with Crippen molar-refractivity contribution >= 4 is 12.4 Å². The number of rotatable bonds is 5. The van der Waals surface area contributed by atoms with Crippen LogP contribution in [0.5, 0.6) is 5.75 Å². The Balaban J connectivity index is 0.00000162. The Morgan fingerprint density at radius 3 is 2.56 bits per heavy atom. The number of para-hydroxylation sites is 1. The van der Waals surface area contributed by atoms with Gasteiger partial charge in [0.1, 0.15) is 12.4 Å². The third kappa shape index (κ3) is 5.54. The summed E-state index contributed by atoms with van der Waals surface area (Å²) in [4.78, 5) is 2.38. The molecular weight excluding hydrogens is 250 g/mol. The molecule has 4 heteroatoms. The Morgan fingerprint density at radius 1 is 1.11 bits per heavy atom. The van der Waals surface area contributed by atoms with Gasteiger partial charge in [-0.25, -0.2) is 0 Å². The molecule has 0 spiro atoms. The first-order chi connectivity index (χ1) is 8.45. The molecule has 0 unspecified atom stereocenters. The van der Waals surface area contributed by atoms with Crippen LogP contribution in [-0.4, -0.2) is 44.4 Å². The zero-order chi connectivity index (χ0) is 11.8. The van der Waals surface area contributed by atoms with Crippen LogP contribution in [0.3, 0.4) is 0 Å². The summed E-state index contributed by atoms with van der Waals surface area (Å²) in [5, 5.41) is 0. The number of morpholine rings is 1. The summed E-state index contributed by atoms with van der Waals surface area (Å²) in [5.41, 5.74) is 0. The van der Waals surface area contributed by atoms with Crippen molar-refractivity contribution in [1.82, 2.24) is 4.90 Å². The van der Waals surface area contributed by atoms with Crippen LogP contribution in [-0.2, 0) is 4.74 Å². The van der Waals surface area contributed by atoms with Gasteiger partial charge < -0.3 is 9.47 Å². The topological polar surface area (TPSA) is 21.7 Å². The van der Waals surface area contributed by atoms with Crippen molar-refractivity contribution in [3.8, 4) is 5.75 Å². The monoisotopic (exact) mass is 269 g/mol. The summed E-state index contributed by atoms with van der Waals surface area (Å²) >= 11 is 0. The molecule has 1 fully saturated rings. The molecule has 2 rings (SSSR count). The van der Waals surface area contributed by atoms with E-state index in [1.165, 1.54) is 0 Å². The third-order valence-corrected chi connectivity index (χ3v) is 2.72. The van der Waals surface area contributed by atoms with Crippen molar-refractivity contribution in [2.75, 3.05) is 39.5 Å². The number of nitrogens with zero attached hydrogens (tertiary/aromatic N) is 1. The standard InChI is InChI=1S/C14H19NO2.ClH/c1-2-6-14(7-3-1)17-11-5-4-8-15-9-12-16-13-10-15;/h1-7H,8-13H2;1H. The number of benzene rings is 1. The van der Waals surface area contributed by atoms with E-state index in [4.69, 9.17) is 9.47 Å². The molecule has 1 aliphatic heterocycles. The van der Waals surface area contributed by atoms with Crippen LogP contribution in [0.2, 0.25) is 0 Å². The molecule has 3 nitrogen and oxygen atoms in total. The van der Waals surface area contributed by atoms with Gasteiger partial charge in [0.15, 0.2) is 0 Å². The van der Waals surface area contributed by atoms with Crippen molar-refractivity contribution in [1.29, 1.82) is 0 Å². The molecule has 0 amide bonds. The second-order valence-corrected chi connectivity index (χ2v) is 4.01. The first-order valence-corrected chi connectivity index (χ1v) is 6.08. The fraction of sp³-hybridized carbons (Fsp3) is 0.429. The van der Waals surface area contributed by atoms with Gasteiger partial charge in [0.2, 0.25) is 0 Å². The van der Waals surface area contributed by atoms with Crippen molar-refractivity contribution < 1.29 is 9.47 Å². The predicted octanol–water partition coefficient (Wildman–Crippen LogP) is 2.38. The minimum atomic E-state index is 0. The number of hydrogen-bond acceptors (Lipinski definition) is 3. The SMILES string of the molecule is C(=CCN1CCOCC1)COc1ccccc1.Cl. The first kappa shape index (κ1) is 15.0. The van der Waals surface area contributed by atoms with Crippen molar-refractivity contribution in [2.45, 2.75) is 0 Å². The van der Waals surface area contributed by atoms with Crippen LogP contribution in [0.15, 0.2) is 42.5 Å². The lowest BCUT2D eigenvalue weighted by Gasteiger charge is -2.25. The summed E-state index contributed by atoms with van der Waals surface area (Å²) in [6, 6.07) is 9.88. The summed E-state index contributed by atoms with van der Waals surface area (Å²) in [5.74, 6) is 0.920. The van der Waals surface area contributed by atoms with Crippen LogP contribution in [0.1, 0.15) is 0 Å². The Labute approximate surface area is 115 Å². The number of hydrogen-bond donors (Lipinski definition) is 0. The van der Waals surface area contributed by atoms with Crippen LogP contribution < -0.4 is 4.74 Å². The number of ether oxygens (including phenoxy) is 2. The lowest BCUT2D eigenvalue weighted by molar-refractivity contribution is 0.0434. The van der Waals surface area contributed by atoms with E-state index >= 15 is 0 Å². The molecular formula is C14H20ClNO2. The zero-order valence-corrected chi connectivity index (χ0v) is 11.3. The van der Waals surface area contributed by atoms with Gasteiger partial charge >= 0.3 is 0 Å². The van der Waals surface area contributed by atoms with Gasteiger partial charge in [-0.15, -0.1) is 12.4 Å². The molecule has 0 radical (unpaired) electrons. The van der Waals surface area contributed by atoms with Gasteiger partial charge in [0.05, 0.1) is 13.2 Å². The molecule has 0 aliphatic carbocycles. The molecule has 0 N–H and O–H groups in total. The summed E-state index contributed by atoms with van der Waals surface area (Å²) in [6.07, 6.45) is 4.23. The van der Waals surface area contributed by atoms with Gasteiger partial charge in [-0.1, -0.05) is 30.4 Å².